The van der Waals surface area contributed by atoms with Crippen molar-refractivity contribution >= 4 is 0 Å². The highest BCUT2D eigenvalue weighted by Gasteiger charge is 2.14. The molecule has 21 heavy (non-hydrogen) atoms. The van der Waals surface area contributed by atoms with Gasteiger partial charge in [-0.15, -0.1) is 0 Å². The van der Waals surface area contributed by atoms with Gasteiger partial charge in [0.2, 0.25) is 0 Å². The summed E-state index contributed by atoms with van der Waals surface area (Å²) < 4.78 is 0. The first-order chi connectivity index (χ1) is 10.0. The molecule has 2 aromatic carbocycles. The largest absolute Gasteiger partial charge is 0.338 e. The van der Waals surface area contributed by atoms with E-state index in [1.54, 1.807) is 0 Å². The van der Waals surface area contributed by atoms with Crippen molar-refractivity contribution in [3.63, 3.8) is 0 Å². The molecule has 0 saturated carbocycles. The Kier molecular flexibility index (Phi) is 3.38. The lowest BCUT2D eigenvalue weighted by Crippen LogP contribution is -2.10. The number of nitrogens with one attached hydrogen (secondary N) is 1. The first kappa shape index (κ1) is 13.6. The van der Waals surface area contributed by atoms with Crippen LogP contribution in [-0.4, -0.2) is 9.97 Å². The standard InChI is InChI=1S/C19H20N2/c1-19(2,3)16-11-7-10-15(12-16)17-13-20-18(21-17)14-8-5-4-6-9-14/h4-13H,1-3H3,(H,20,21). The van der Waals surface area contributed by atoms with E-state index in [9.17, 15) is 0 Å². The van der Waals surface area contributed by atoms with Crippen LogP contribution < -0.4 is 0 Å². The summed E-state index contributed by atoms with van der Waals surface area (Å²) in [5, 5.41) is 0. The van der Waals surface area contributed by atoms with E-state index >= 15 is 0 Å². The van der Waals surface area contributed by atoms with Crippen LogP contribution in [0.2, 0.25) is 0 Å². The predicted octanol–water partition coefficient (Wildman–Crippen LogP) is 5.04. The Morgan fingerprint density at radius 3 is 2.29 bits per heavy atom. The minimum atomic E-state index is 0.151. The molecule has 0 aliphatic rings. The van der Waals surface area contributed by atoms with Crippen LogP contribution in [-0.2, 0) is 5.41 Å². The molecule has 1 N–H and O–H groups in total. The summed E-state index contributed by atoms with van der Waals surface area (Å²) in [5.74, 6) is 0.909. The van der Waals surface area contributed by atoms with Crippen LogP contribution in [0, 0.1) is 0 Å². The molecule has 0 atom stereocenters. The van der Waals surface area contributed by atoms with Gasteiger partial charge >= 0.3 is 0 Å². The van der Waals surface area contributed by atoms with Gasteiger partial charge in [0.15, 0.2) is 0 Å². The van der Waals surface area contributed by atoms with Crippen LogP contribution in [0.3, 0.4) is 0 Å². The molecular formula is C19H20N2. The van der Waals surface area contributed by atoms with Crippen LogP contribution in [0.5, 0.6) is 0 Å². The molecule has 0 bridgehead atoms. The molecule has 0 fully saturated rings. The van der Waals surface area contributed by atoms with Crippen molar-refractivity contribution < 1.29 is 0 Å². The maximum absolute atomic E-state index is 4.50. The minimum Gasteiger partial charge on any atom is -0.338 e. The number of benzene rings is 2. The quantitative estimate of drug-likeness (QED) is 0.697. The van der Waals surface area contributed by atoms with Crippen LogP contribution in [0.1, 0.15) is 26.3 Å². The molecule has 0 aliphatic heterocycles. The highest BCUT2D eigenvalue weighted by atomic mass is 14.9. The number of aromatic amines is 1. The van der Waals surface area contributed by atoms with Gasteiger partial charge in [0, 0.05) is 5.56 Å². The van der Waals surface area contributed by atoms with Gasteiger partial charge < -0.3 is 4.98 Å². The summed E-state index contributed by atoms with van der Waals surface area (Å²) in [5.41, 5.74) is 4.82. The second kappa shape index (κ2) is 5.21. The molecule has 0 saturated heterocycles. The van der Waals surface area contributed by atoms with Crippen molar-refractivity contribution in [2.45, 2.75) is 26.2 Å². The number of aromatic nitrogens is 2. The Balaban J connectivity index is 1.97. The van der Waals surface area contributed by atoms with E-state index in [1.807, 2.05) is 24.4 Å². The van der Waals surface area contributed by atoms with Gasteiger partial charge in [-0.2, -0.15) is 0 Å². The Bertz CT molecular complexity index is 734. The van der Waals surface area contributed by atoms with Crippen molar-refractivity contribution in [3.8, 4) is 22.6 Å². The number of imidazole rings is 1. The zero-order valence-electron chi connectivity index (χ0n) is 12.7. The second-order valence-corrected chi connectivity index (χ2v) is 6.34. The third-order valence-electron chi connectivity index (χ3n) is 3.66. The molecule has 0 unspecified atom stereocenters. The number of hydrogen-bond acceptors (Lipinski definition) is 1. The molecule has 106 valence electrons. The van der Waals surface area contributed by atoms with Crippen LogP contribution in [0.15, 0.2) is 60.8 Å². The summed E-state index contributed by atoms with van der Waals surface area (Å²) in [6.07, 6.45) is 1.91. The number of H-pyrrole nitrogens is 1. The Morgan fingerprint density at radius 1 is 0.857 bits per heavy atom. The Labute approximate surface area is 125 Å². The molecule has 0 aliphatic carbocycles. The molecule has 0 radical (unpaired) electrons. The fraction of sp³-hybridized carbons (Fsp3) is 0.211. The summed E-state index contributed by atoms with van der Waals surface area (Å²) in [7, 11) is 0. The monoisotopic (exact) mass is 276 g/mol. The lowest BCUT2D eigenvalue weighted by atomic mass is 9.86. The number of hydrogen-bond donors (Lipinski definition) is 1. The second-order valence-electron chi connectivity index (χ2n) is 6.34. The summed E-state index contributed by atoms with van der Waals surface area (Å²) >= 11 is 0. The summed E-state index contributed by atoms with van der Waals surface area (Å²) in [4.78, 5) is 7.91. The Morgan fingerprint density at radius 2 is 1.57 bits per heavy atom. The van der Waals surface area contributed by atoms with Crippen molar-refractivity contribution in [2.24, 2.45) is 0 Å². The average molecular weight is 276 g/mol. The maximum atomic E-state index is 4.50. The molecule has 3 aromatic rings. The van der Waals surface area contributed by atoms with E-state index < -0.39 is 0 Å². The van der Waals surface area contributed by atoms with Crippen LogP contribution in [0.4, 0.5) is 0 Å². The lowest BCUT2D eigenvalue weighted by molar-refractivity contribution is 0.590. The zero-order valence-corrected chi connectivity index (χ0v) is 12.7. The molecule has 3 rings (SSSR count). The highest BCUT2D eigenvalue weighted by Crippen LogP contribution is 2.27. The normalized spacial score (nSPS) is 11.6. The van der Waals surface area contributed by atoms with Gasteiger partial charge in [0.25, 0.3) is 0 Å². The average Bonchev–Trinajstić information content (AvgIpc) is 2.97. The van der Waals surface area contributed by atoms with Gasteiger partial charge in [0.1, 0.15) is 5.82 Å². The number of rotatable bonds is 2. The van der Waals surface area contributed by atoms with Gasteiger partial charge in [-0.25, -0.2) is 4.98 Å². The van der Waals surface area contributed by atoms with Crippen molar-refractivity contribution in [3.05, 3.63) is 66.4 Å². The molecule has 2 nitrogen and oxygen atoms in total. The smallest absolute Gasteiger partial charge is 0.137 e. The molecule has 1 heterocycles. The van der Waals surface area contributed by atoms with E-state index in [0.29, 0.717) is 0 Å². The van der Waals surface area contributed by atoms with Crippen molar-refractivity contribution in [1.82, 2.24) is 9.97 Å². The number of nitrogens with zero attached hydrogens (tertiary/aromatic N) is 1. The van der Waals surface area contributed by atoms with Gasteiger partial charge in [-0.1, -0.05) is 69.3 Å². The Hall–Kier alpha value is -2.35. The molecule has 2 heteroatoms. The van der Waals surface area contributed by atoms with E-state index in [-0.39, 0.29) is 5.41 Å². The van der Waals surface area contributed by atoms with Crippen molar-refractivity contribution in [1.29, 1.82) is 0 Å². The molecule has 1 aromatic heterocycles. The summed E-state index contributed by atoms with van der Waals surface area (Å²) in [6.45, 7) is 6.69. The first-order valence-corrected chi connectivity index (χ1v) is 7.25. The summed E-state index contributed by atoms with van der Waals surface area (Å²) in [6, 6.07) is 18.8. The first-order valence-electron chi connectivity index (χ1n) is 7.25. The van der Waals surface area contributed by atoms with Crippen LogP contribution >= 0.6 is 0 Å². The fourth-order valence-electron chi connectivity index (χ4n) is 2.36. The molecular weight excluding hydrogens is 256 g/mol. The van der Waals surface area contributed by atoms with Gasteiger partial charge in [-0.05, 0) is 22.6 Å². The third kappa shape index (κ3) is 2.89. The lowest BCUT2D eigenvalue weighted by Gasteiger charge is -2.19. The SMILES string of the molecule is CC(C)(C)c1cccc(-c2cnc(-c3ccccc3)[nH]2)c1. The zero-order chi connectivity index (χ0) is 14.9. The third-order valence-corrected chi connectivity index (χ3v) is 3.66. The molecule has 0 spiro atoms. The maximum Gasteiger partial charge on any atom is 0.137 e. The highest BCUT2D eigenvalue weighted by molar-refractivity contribution is 5.65. The van der Waals surface area contributed by atoms with E-state index in [1.165, 1.54) is 11.1 Å². The fourth-order valence-corrected chi connectivity index (χ4v) is 2.36. The van der Waals surface area contributed by atoms with Crippen LogP contribution in [0.25, 0.3) is 22.6 Å². The van der Waals surface area contributed by atoms with Gasteiger partial charge in [0.05, 0.1) is 11.9 Å². The van der Waals surface area contributed by atoms with E-state index in [2.05, 4.69) is 67.1 Å². The minimum absolute atomic E-state index is 0.151. The van der Waals surface area contributed by atoms with E-state index in [4.69, 9.17) is 0 Å². The topological polar surface area (TPSA) is 28.7 Å². The van der Waals surface area contributed by atoms with Gasteiger partial charge in [-0.3, -0.25) is 0 Å². The predicted molar refractivity (Wildman–Crippen MR) is 88.2 cm³/mol. The van der Waals surface area contributed by atoms with E-state index in [0.717, 1.165) is 17.1 Å². The molecule has 0 amide bonds. The van der Waals surface area contributed by atoms with Crippen molar-refractivity contribution in [2.75, 3.05) is 0 Å².